The molecule has 0 bridgehead atoms. The molecule has 0 spiro atoms. The van der Waals surface area contributed by atoms with E-state index in [1.807, 2.05) is 24.3 Å². The molecule has 2 aromatic rings. The van der Waals surface area contributed by atoms with E-state index in [4.69, 9.17) is 14.2 Å². The summed E-state index contributed by atoms with van der Waals surface area (Å²) in [4.78, 5) is 10.3. The van der Waals surface area contributed by atoms with Crippen molar-refractivity contribution in [1.82, 2.24) is 0 Å². The Morgan fingerprint density at radius 2 is 1.87 bits per heavy atom. The van der Waals surface area contributed by atoms with Crippen LogP contribution in [-0.2, 0) is 16.1 Å². The summed E-state index contributed by atoms with van der Waals surface area (Å²) in [5.74, 6) is 0.691. The van der Waals surface area contributed by atoms with Gasteiger partial charge < -0.3 is 14.2 Å². The molecule has 23 heavy (non-hydrogen) atoms. The average molecular weight is 315 g/mol. The van der Waals surface area contributed by atoms with E-state index in [0.717, 1.165) is 17.5 Å². The first-order chi connectivity index (χ1) is 11.2. The second-order valence-electron chi connectivity index (χ2n) is 5.21. The van der Waals surface area contributed by atoms with Crippen LogP contribution in [0.4, 0.5) is 5.69 Å². The zero-order chi connectivity index (χ0) is 16.1. The highest BCUT2D eigenvalue weighted by Crippen LogP contribution is 2.25. The summed E-state index contributed by atoms with van der Waals surface area (Å²) in [5.41, 5.74) is 1.77. The van der Waals surface area contributed by atoms with Gasteiger partial charge in [0.25, 0.3) is 5.69 Å². The minimum atomic E-state index is -0.414. The Kier molecular flexibility index (Phi) is 4.85. The lowest BCUT2D eigenvalue weighted by molar-refractivity contribution is -0.384. The maximum atomic E-state index is 10.8. The van der Waals surface area contributed by atoms with Crippen LogP contribution in [0.1, 0.15) is 23.8 Å². The Balaban J connectivity index is 1.60. The van der Waals surface area contributed by atoms with E-state index in [0.29, 0.717) is 19.0 Å². The number of nitrogens with zero attached hydrogens (tertiary/aromatic N) is 1. The van der Waals surface area contributed by atoms with Crippen LogP contribution >= 0.6 is 0 Å². The molecule has 1 heterocycles. The topological polar surface area (TPSA) is 70.8 Å². The molecule has 1 fully saturated rings. The van der Waals surface area contributed by atoms with Crippen molar-refractivity contribution in [1.29, 1.82) is 0 Å². The lowest BCUT2D eigenvalue weighted by Crippen LogP contribution is -2.17. The quantitative estimate of drug-likeness (QED) is 0.622. The molecule has 0 aliphatic carbocycles. The summed E-state index contributed by atoms with van der Waals surface area (Å²) in [6.07, 6.45) is 0.607. The van der Waals surface area contributed by atoms with Crippen LogP contribution in [0, 0.1) is 10.1 Å². The van der Waals surface area contributed by atoms with Crippen LogP contribution in [-0.4, -0.2) is 18.1 Å². The highest BCUT2D eigenvalue weighted by molar-refractivity contribution is 5.34. The number of hydrogen-bond acceptors (Lipinski definition) is 5. The van der Waals surface area contributed by atoms with Crippen molar-refractivity contribution in [2.45, 2.75) is 19.3 Å². The number of hydrogen-bond donors (Lipinski definition) is 0. The van der Waals surface area contributed by atoms with Crippen molar-refractivity contribution in [3.63, 3.8) is 0 Å². The molecule has 1 aliphatic heterocycles. The Morgan fingerprint density at radius 1 is 1.13 bits per heavy atom. The molecule has 0 saturated carbocycles. The van der Waals surface area contributed by atoms with Crippen molar-refractivity contribution in [2.75, 3.05) is 13.2 Å². The molecule has 2 aromatic carbocycles. The first kappa shape index (κ1) is 15.5. The number of ether oxygens (including phenoxy) is 3. The Hall–Kier alpha value is -2.44. The third kappa shape index (κ3) is 4.06. The molecule has 0 unspecified atom stereocenters. The smallest absolute Gasteiger partial charge is 0.269 e. The zero-order valence-electron chi connectivity index (χ0n) is 12.5. The summed E-state index contributed by atoms with van der Waals surface area (Å²) in [6.45, 7) is 1.68. The summed E-state index contributed by atoms with van der Waals surface area (Å²) >= 11 is 0. The van der Waals surface area contributed by atoms with E-state index in [1.165, 1.54) is 12.1 Å². The molecule has 6 nitrogen and oxygen atoms in total. The van der Waals surface area contributed by atoms with Gasteiger partial charge in [-0.05, 0) is 24.1 Å². The Bertz CT molecular complexity index is 665. The predicted molar refractivity (Wildman–Crippen MR) is 83.1 cm³/mol. The van der Waals surface area contributed by atoms with Crippen LogP contribution in [0.25, 0.3) is 0 Å². The predicted octanol–water partition coefficient (Wildman–Crippen LogP) is 3.61. The van der Waals surface area contributed by atoms with Crippen LogP contribution in [0.5, 0.6) is 5.75 Å². The number of nitro benzene ring substituents is 1. The molecule has 1 saturated heterocycles. The lowest BCUT2D eigenvalue weighted by atomic mass is 10.2. The van der Waals surface area contributed by atoms with Gasteiger partial charge in [0.05, 0.1) is 18.1 Å². The molecule has 3 rings (SSSR count). The van der Waals surface area contributed by atoms with Gasteiger partial charge in [-0.1, -0.05) is 24.3 Å². The maximum Gasteiger partial charge on any atom is 0.269 e. The van der Waals surface area contributed by atoms with E-state index in [2.05, 4.69) is 0 Å². The summed E-state index contributed by atoms with van der Waals surface area (Å²) in [5, 5.41) is 10.8. The number of nitro groups is 1. The molecule has 1 aliphatic rings. The van der Waals surface area contributed by atoms with E-state index < -0.39 is 4.92 Å². The molecule has 0 atom stereocenters. The standard InChI is InChI=1S/C17H17NO5/c19-18(20)15-4-1-3-13(11-15)12-23-16-7-5-14(6-8-16)17-21-9-2-10-22-17/h1,3-8,11,17H,2,9-10,12H2. The average Bonchev–Trinajstić information content (AvgIpc) is 2.61. The molecule has 120 valence electrons. The fourth-order valence-corrected chi connectivity index (χ4v) is 2.33. The number of benzene rings is 2. The molecule has 0 radical (unpaired) electrons. The first-order valence-corrected chi connectivity index (χ1v) is 7.42. The lowest BCUT2D eigenvalue weighted by Gasteiger charge is -2.23. The SMILES string of the molecule is O=[N+]([O-])c1cccc(COc2ccc(C3OCCCO3)cc2)c1. The largest absolute Gasteiger partial charge is 0.489 e. The van der Waals surface area contributed by atoms with E-state index in [1.54, 1.807) is 12.1 Å². The Labute approximate surface area is 133 Å². The van der Waals surface area contributed by atoms with Crippen molar-refractivity contribution in [3.8, 4) is 5.75 Å². The van der Waals surface area contributed by atoms with Crippen LogP contribution in [0.15, 0.2) is 48.5 Å². The third-order valence-corrected chi connectivity index (χ3v) is 3.51. The van der Waals surface area contributed by atoms with Crippen molar-refractivity contribution in [2.24, 2.45) is 0 Å². The van der Waals surface area contributed by atoms with Gasteiger partial charge in [-0.15, -0.1) is 0 Å². The number of rotatable bonds is 5. The maximum absolute atomic E-state index is 10.8. The van der Waals surface area contributed by atoms with Gasteiger partial charge in [-0.3, -0.25) is 10.1 Å². The second-order valence-corrected chi connectivity index (χ2v) is 5.21. The Morgan fingerprint density at radius 3 is 2.57 bits per heavy atom. The highest BCUT2D eigenvalue weighted by Gasteiger charge is 2.16. The summed E-state index contributed by atoms with van der Waals surface area (Å²) < 4.78 is 16.7. The van der Waals surface area contributed by atoms with Crippen LogP contribution in [0.3, 0.4) is 0 Å². The summed E-state index contributed by atoms with van der Waals surface area (Å²) in [7, 11) is 0. The minimum absolute atomic E-state index is 0.0630. The summed E-state index contributed by atoms with van der Waals surface area (Å²) in [6, 6.07) is 13.9. The highest BCUT2D eigenvalue weighted by atomic mass is 16.7. The van der Waals surface area contributed by atoms with E-state index in [9.17, 15) is 10.1 Å². The van der Waals surface area contributed by atoms with Gasteiger partial charge in [0.1, 0.15) is 12.4 Å². The molecule has 0 amide bonds. The van der Waals surface area contributed by atoms with E-state index >= 15 is 0 Å². The van der Waals surface area contributed by atoms with Gasteiger partial charge in [0.15, 0.2) is 6.29 Å². The van der Waals surface area contributed by atoms with E-state index in [-0.39, 0.29) is 18.6 Å². The normalized spacial score (nSPS) is 15.3. The van der Waals surface area contributed by atoms with Gasteiger partial charge in [0.2, 0.25) is 0 Å². The molecular formula is C17H17NO5. The minimum Gasteiger partial charge on any atom is -0.489 e. The van der Waals surface area contributed by atoms with Gasteiger partial charge in [0, 0.05) is 17.7 Å². The molecule has 0 aromatic heterocycles. The molecule has 6 heteroatoms. The van der Waals surface area contributed by atoms with Gasteiger partial charge >= 0.3 is 0 Å². The van der Waals surface area contributed by atoms with Crippen molar-refractivity contribution in [3.05, 3.63) is 69.8 Å². The van der Waals surface area contributed by atoms with Gasteiger partial charge in [-0.25, -0.2) is 0 Å². The number of non-ortho nitro benzene ring substituents is 1. The third-order valence-electron chi connectivity index (χ3n) is 3.51. The van der Waals surface area contributed by atoms with Crippen molar-refractivity contribution >= 4 is 5.69 Å². The van der Waals surface area contributed by atoms with Crippen LogP contribution < -0.4 is 4.74 Å². The molecule has 0 N–H and O–H groups in total. The fraction of sp³-hybridized carbons (Fsp3) is 0.294. The van der Waals surface area contributed by atoms with Gasteiger partial charge in [-0.2, -0.15) is 0 Å². The van der Waals surface area contributed by atoms with Crippen molar-refractivity contribution < 1.29 is 19.1 Å². The monoisotopic (exact) mass is 315 g/mol. The fourth-order valence-electron chi connectivity index (χ4n) is 2.33. The molecular weight excluding hydrogens is 298 g/mol. The first-order valence-electron chi connectivity index (χ1n) is 7.42. The van der Waals surface area contributed by atoms with Crippen LogP contribution in [0.2, 0.25) is 0 Å². The second kappa shape index (κ2) is 7.21. The zero-order valence-corrected chi connectivity index (χ0v) is 12.5.